The molecule has 1 aromatic heterocycles. The fourth-order valence-corrected chi connectivity index (χ4v) is 1.76. The number of carbonyl (C=O) groups is 1. The van der Waals surface area contributed by atoms with Crippen molar-refractivity contribution in [3.8, 4) is 17.4 Å². The van der Waals surface area contributed by atoms with Crippen LogP contribution in [0.15, 0.2) is 36.5 Å². The van der Waals surface area contributed by atoms with Gasteiger partial charge in [-0.15, -0.1) is 0 Å². The number of benzene rings is 1. The average Bonchev–Trinajstić information content (AvgIpc) is 2.43. The Balaban J connectivity index is 2.31. The normalized spacial score (nSPS) is 10.1. The van der Waals surface area contributed by atoms with E-state index in [0.717, 1.165) is 0 Å². The Hall–Kier alpha value is -2.27. The number of ether oxygens (including phenoxy) is 2. The first kappa shape index (κ1) is 14.1. The third kappa shape index (κ3) is 3.19. The summed E-state index contributed by atoms with van der Waals surface area (Å²) < 4.78 is 10.9. The van der Waals surface area contributed by atoms with Gasteiger partial charge < -0.3 is 14.6 Å². The molecule has 0 saturated heterocycles. The fourth-order valence-electron chi connectivity index (χ4n) is 1.56. The number of carboxylic acids is 1. The molecule has 0 radical (unpaired) electrons. The second-order valence-electron chi connectivity index (χ2n) is 3.79. The van der Waals surface area contributed by atoms with E-state index >= 15 is 0 Å². The van der Waals surface area contributed by atoms with Gasteiger partial charge in [-0.1, -0.05) is 11.6 Å². The highest BCUT2D eigenvalue weighted by molar-refractivity contribution is 6.33. The Labute approximate surface area is 120 Å². The van der Waals surface area contributed by atoms with Crippen LogP contribution >= 0.6 is 11.6 Å². The maximum atomic E-state index is 11.0. The molecular formula is C14H12ClNO4. The molecule has 104 valence electrons. The zero-order chi connectivity index (χ0) is 14.5. The lowest BCUT2D eigenvalue weighted by atomic mass is 10.2. The molecule has 5 nitrogen and oxygen atoms in total. The summed E-state index contributed by atoms with van der Waals surface area (Å²) in [5, 5.41) is 9.16. The van der Waals surface area contributed by atoms with Gasteiger partial charge in [0.25, 0.3) is 5.88 Å². The van der Waals surface area contributed by atoms with E-state index in [4.69, 9.17) is 26.2 Å². The molecule has 0 aliphatic heterocycles. The minimum Gasteiger partial charge on any atom is -0.488 e. The molecule has 2 rings (SSSR count). The van der Waals surface area contributed by atoms with E-state index in [-0.39, 0.29) is 16.5 Å². The molecule has 6 heteroatoms. The molecule has 20 heavy (non-hydrogen) atoms. The van der Waals surface area contributed by atoms with Gasteiger partial charge in [-0.05, 0) is 37.3 Å². The van der Waals surface area contributed by atoms with Crippen molar-refractivity contribution in [3.05, 3.63) is 47.1 Å². The van der Waals surface area contributed by atoms with E-state index < -0.39 is 5.97 Å². The van der Waals surface area contributed by atoms with E-state index in [1.54, 1.807) is 24.4 Å². The van der Waals surface area contributed by atoms with E-state index in [0.29, 0.717) is 18.1 Å². The lowest BCUT2D eigenvalue weighted by Gasteiger charge is -2.10. The van der Waals surface area contributed by atoms with Crippen molar-refractivity contribution in [3.63, 3.8) is 0 Å². The first-order chi connectivity index (χ1) is 9.61. The molecule has 1 N–H and O–H groups in total. The van der Waals surface area contributed by atoms with E-state index in [1.807, 2.05) is 6.92 Å². The summed E-state index contributed by atoms with van der Waals surface area (Å²) in [6, 6.07) is 7.82. The first-order valence-electron chi connectivity index (χ1n) is 5.90. The molecule has 0 spiro atoms. The van der Waals surface area contributed by atoms with Crippen LogP contribution in [0.2, 0.25) is 5.02 Å². The highest BCUT2D eigenvalue weighted by atomic mass is 35.5. The minimum atomic E-state index is -1.12. The third-order valence-corrected chi connectivity index (χ3v) is 2.75. The van der Waals surface area contributed by atoms with E-state index in [9.17, 15) is 4.79 Å². The average molecular weight is 294 g/mol. The number of nitrogens with zero attached hydrogens (tertiary/aromatic N) is 1. The van der Waals surface area contributed by atoms with Crippen LogP contribution in [0.5, 0.6) is 17.4 Å². The van der Waals surface area contributed by atoms with Crippen molar-refractivity contribution in [2.75, 3.05) is 6.61 Å². The monoisotopic (exact) mass is 293 g/mol. The molecule has 0 unspecified atom stereocenters. The molecule has 0 aliphatic carbocycles. The Bertz CT molecular complexity index is 630. The largest absolute Gasteiger partial charge is 0.488 e. The van der Waals surface area contributed by atoms with Crippen LogP contribution in [0.1, 0.15) is 17.3 Å². The molecule has 1 heterocycles. The second-order valence-corrected chi connectivity index (χ2v) is 4.20. The summed E-state index contributed by atoms with van der Waals surface area (Å²) in [6.07, 6.45) is 1.56. The lowest BCUT2D eigenvalue weighted by molar-refractivity contribution is 0.0696. The molecule has 0 bridgehead atoms. The fraction of sp³-hybridized carbons (Fsp3) is 0.143. The van der Waals surface area contributed by atoms with Crippen molar-refractivity contribution in [1.29, 1.82) is 0 Å². The number of aromatic carboxylic acids is 1. The molecule has 1 aromatic carbocycles. The number of rotatable bonds is 5. The number of aromatic nitrogens is 1. The SMILES string of the molecule is CCOc1cccnc1Oc1ccc(Cl)c(C(=O)O)c1. The van der Waals surface area contributed by atoms with Gasteiger partial charge in [-0.2, -0.15) is 0 Å². The Morgan fingerprint density at radius 2 is 2.20 bits per heavy atom. The van der Waals surface area contributed by atoms with Crippen molar-refractivity contribution >= 4 is 17.6 Å². The van der Waals surface area contributed by atoms with Crippen LogP contribution in [0.4, 0.5) is 0 Å². The summed E-state index contributed by atoms with van der Waals surface area (Å²) >= 11 is 5.80. The predicted octanol–water partition coefficient (Wildman–Crippen LogP) is 3.62. The van der Waals surface area contributed by atoms with E-state index in [2.05, 4.69) is 4.98 Å². The quantitative estimate of drug-likeness (QED) is 0.911. The highest BCUT2D eigenvalue weighted by Crippen LogP contribution is 2.30. The molecule has 2 aromatic rings. The zero-order valence-corrected chi connectivity index (χ0v) is 11.4. The van der Waals surface area contributed by atoms with Crippen LogP contribution in [-0.2, 0) is 0 Å². The third-order valence-electron chi connectivity index (χ3n) is 2.42. The van der Waals surface area contributed by atoms with Gasteiger partial charge in [-0.25, -0.2) is 9.78 Å². The van der Waals surface area contributed by atoms with Gasteiger partial charge >= 0.3 is 5.97 Å². The van der Waals surface area contributed by atoms with Gasteiger partial charge in [0, 0.05) is 6.20 Å². The van der Waals surface area contributed by atoms with Crippen molar-refractivity contribution in [2.45, 2.75) is 6.92 Å². The Morgan fingerprint density at radius 1 is 1.40 bits per heavy atom. The smallest absolute Gasteiger partial charge is 0.337 e. The minimum absolute atomic E-state index is 0.0296. The van der Waals surface area contributed by atoms with Crippen molar-refractivity contribution in [2.24, 2.45) is 0 Å². The van der Waals surface area contributed by atoms with Crippen molar-refractivity contribution in [1.82, 2.24) is 4.98 Å². The molecular weight excluding hydrogens is 282 g/mol. The summed E-state index contributed by atoms with van der Waals surface area (Å²) in [4.78, 5) is 15.1. The summed E-state index contributed by atoms with van der Waals surface area (Å²) in [5.41, 5.74) is -0.0296. The van der Waals surface area contributed by atoms with Crippen LogP contribution in [0.25, 0.3) is 0 Å². The zero-order valence-electron chi connectivity index (χ0n) is 10.7. The lowest BCUT2D eigenvalue weighted by Crippen LogP contribution is -1.99. The summed E-state index contributed by atoms with van der Waals surface area (Å²) in [7, 11) is 0. The Morgan fingerprint density at radius 3 is 2.90 bits per heavy atom. The number of carboxylic acid groups (broad SMARTS) is 1. The van der Waals surface area contributed by atoms with Gasteiger partial charge in [0.1, 0.15) is 5.75 Å². The number of hydrogen-bond acceptors (Lipinski definition) is 4. The van der Waals surface area contributed by atoms with Crippen LogP contribution in [-0.4, -0.2) is 22.7 Å². The Kier molecular flexibility index (Phi) is 4.42. The van der Waals surface area contributed by atoms with Crippen LogP contribution < -0.4 is 9.47 Å². The molecule has 0 fully saturated rings. The summed E-state index contributed by atoms with van der Waals surface area (Å²) in [5.74, 6) is -0.0345. The van der Waals surface area contributed by atoms with Gasteiger partial charge in [0.15, 0.2) is 5.75 Å². The van der Waals surface area contributed by atoms with Gasteiger partial charge in [-0.3, -0.25) is 0 Å². The maximum Gasteiger partial charge on any atom is 0.337 e. The topological polar surface area (TPSA) is 68.7 Å². The number of pyridine rings is 1. The van der Waals surface area contributed by atoms with Crippen LogP contribution in [0, 0.1) is 0 Å². The number of hydrogen-bond donors (Lipinski definition) is 1. The summed E-state index contributed by atoms with van der Waals surface area (Å²) in [6.45, 7) is 2.32. The van der Waals surface area contributed by atoms with Gasteiger partial charge in [0.2, 0.25) is 0 Å². The van der Waals surface area contributed by atoms with Gasteiger partial charge in [0.05, 0.1) is 17.2 Å². The van der Waals surface area contributed by atoms with Crippen molar-refractivity contribution < 1.29 is 19.4 Å². The van der Waals surface area contributed by atoms with E-state index in [1.165, 1.54) is 12.1 Å². The second kappa shape index (κ2) is 6.25. The number of halogens is 1. The molecule has 0 amide bonds. The predicted molar refractivity (Wildman–Crippen MR) is 73.9 cm³/mol. The molecule has 0 atom stereocenters. The standard InChI is InChI=1S/C14H12ClNO4/c1-2-19-12-4-3-7-16-13(12)20-9-5-6-11(15)10(8-9)14(17)18/h3-8H,2H2,1H3,(H,17,18). The highest BCUT2D eigenvalue weighted by Gasteiger charge is 2.12. The van der Waals surface area contributed by atoms with Crippen LogP contribution in [0.3, 0.4) is 0 Å². The first-order valence-corrected chi connectivity index (χ1v) is 6.28. The molecule has 0 saturated carbocycles. The maximum absolute atomic E-state index is 11.0. The molecule has 0 aliphatic rings.